The van der Waals surface area contributed by atoms with E-state index in [1.54, 1.807) is 0 Å². The zero-order valence-corrected chi connectivity index (χ0v) is 13.6. The van der Waals surface area contributed by atoms with Gasteiger partial charge in [-0.05, 0) is 36.5 Å². The van der Waals surface area contributed by atoms with Gasteiger partial charge in [0.25, 0.3) is 0 Å². The van der Waals surface area contributed by atoms with Crippen LogP contribution in [0.15, 0.2) is 24.3 Å². The van der Waals surface area contributed by atoms with E-state index in [0.717, 1.165) is 25.9 Å². The maximum Gasteiger partial charge on any atom is 0.401 e. The van der Waals surface area contributed by atoms with Crippen LogP contribution in [0, 0.1) is 5.82 Å². The largest absolute Gasteiger partial charge is 0.401 e. The molecule has 3 rings (SSSR count). The summed E-state index contributed by atoms with van der Waals surface area (Å²) in [6.07, 6.45) is -2.13. The summed E-state index contributed by atoms with van der Waals surface area (Å²) in [7, 11) is 0. The average molecular weight is 345 g/mol. The number of rotatable bonds is 3. The molecular weight excluding hydrogens is 322 g/mol. The van der Waals surface area contributed by atoms with Crippen LogP contribution in [0.4, 0.5) is 17.6 Å². The first-order chi connectivity index (χ1) is 11.4. The Morgan fingerprint density at radius 2 is 1.38 bits per heavy atom. The van der Waals surface area contributed by atoms with Gasteiger partial charge in [-0.25, -0.2) is 14.4 Å². The number of alkyl halides is 3. The third kappa shape index (κ3) is 4.68. The summed E-state index contributed by atoms with van der Waals surface area (Å²) in [5, 5.41) is 4.46. The van der Waals surface area contributed by atoms with Crippen LogP contribution in [0.5, 0.6) is 0 Å². The molecule has 24 heavy (non-hydrogen) atoms. The summed E-state index contributed by atoms with van der Waals surface area (Å²) in [5.41, 5.74) is 1.17. The number of hydrogen-bond donors (Lipinski definition) is 0. The lowest BCUT2D eigenvalue weighted by atomic mass is 9.90. The van der Waals surface area contributed by atoms with Crippen molar-refractivity contribution in [3.05, 3.63) is 35.6 Å². The van der Waals surface area contributed by atoms with Gasteiger partial charge in [-0.3, -0.25) is 4.90 Å². The minimum absolute atomic E-state index is 0.215. The van der Waals surface area contributed by atoms with E-state index in [1.165, 1.54) is 22.6 Å². The lowest BCUT2D eigenvalue weighted by Gasteiger charge is -2.44. The molecule has 2 heterocycles. The van der Waals surface area contributed by atoms with Crippen LogP contribution in [0.1, 0.15) is 24.3 Å². The molecule has 0 aliphatic carbocycles. The van der Waals surface area contributed by atoms with Gasteiger partial charge in [0.05, 0.1) is 6.54 Å². The van der Waals surface area contributed by atoms with Crippen LogP contribution in [-0.2, 0) is 0 Å². The first-order valence-electron chi connectivity index (χ1n) is 8.45. The third-order valence-corrected chi connectivity index (χ3v) is 4.96. The highest BCUT2D eigenvalue weighted by molar-refractivity contribution is 5.21. The van der Waals surface area contributed by atoms with Crippen molar-refractivity contribution in [1.82, 2.24) is 14.9 Å². The summed E-state index contributed by atoms with van der Waals surface area (Å²) < 4.78 is 50.3. The predicted molar refractivity (Wildman–Crippen MR) is 84.0 cm³/mol. The molecule has 1 aromatic rings. The van der Waals surface area contributed by atoms with Crippen LogP contribution in [0.3, 0.4) is 0 Å². The summed E-state index contributed by atoms with van der Waals surface area (Å²) >= 11 is 0. The Morgan fingerprint density at radius 1 is 0.833 bits per heavy atom. The monoisotopic (exact) mass is 345 g/mol. The lowest BCUT2D eigenvalue weighted by Crippen LogP contribution is -2.56. The quantitative estimate of drug-likeness (QED) is 0.780. The van der Waals surface area contributed by atoms with E-state index in [1.807, 2.05) is 12.1 Å². The predicted octanol–water partition coefficient (Wildman–Crippen LogP) is 3.10. The van der Waals surface area contributed by atoms with E-state index in [2.05, 4.69) is 10.0 Å². The maximum atomic E-state index is 13.0. The lowest BCUT2D eigenvalue weighted by molar-refractivity contribution is -0.156. The fraction of sp³-hybridized carbons (Fsp3) is 0.647. The van der Waals surface area contributed by atoms with E-state index in [-0.39, 0.29) is 5.82 Å². The Hall–Kier alpha value is -1.18. The normalized spacial score (nSPS) is 22.8. The van der Waals surface area contributed by atoms with Gasteiger partial charge in [0.2, 0.25) is 0 Å². The van der Waals surface area contributed by atoms with Crippen LogP contribution < -0.4 is 0 Å². The SMILES string of the molecule is Fc1ccc(C2CCN(N3CCN(CC(F)(F)F)CC3)CC2)cc1. The molecule has 3 nitrogen and oxygen atoms in total. The first kappa shape index (κ1) is 17.6. The molecule has 0 bridgehead atoms. The van der Waals surface area contributed by atoms with E-state index in [9.17, 15) is 17.6 Å². The highest BCUT2D eigenvalue weighted by atomic mass is 19.4. The Morgan fingerprint density at radius 3 is 1.92 bits per heavy atom. The molecule has 0 unspecified atom stereocenters. The molecule has 0 radical (unpaired) electrons. The number of hydrazine groups is 1. The van der Waals surface area contributed by atoms with E-state index in [4.69, 9.17) is 0 Å². The van der Waals surface area contributed by atoms with Crippen molar-refractivity contribution in [2.45, 2.75) is 24.9 Å². The summed E-state index contributed by atoms with van der Waals surface area (Å²) in [4.78, 5) is 1.47. The van der Waals surface area contributed by atoms with Crippen molar-refractivity contribution >= 4 is 0 Å². The van der Waals surface area contributed by atoms with Gasteiger partial charge >= 0.3 is 6.18 Å². The van der Waals surface area contributed by atoms with E-state index in [0.29, 0.717) is 32.1 Å². The average Bonchev–Trinajstić information content (AvgIpc) is 2.55. The van der Waals surface area contributed by atoms with Gasteiger partial charge in [-0.15, -0.1) is 0 Å². The van der Waals surface area contributed by atoms with E-state index < -0.39 is 12.7 Å². The summed E-state index contributed by atoms with van der Waals surface area (Å²) in [6.45, 7) is 3.21. The molecule has 2 saturated heterocycles. The molecule has 2 fully saturated rings. The Balaban J connectivity index is 1.45. The zero-order valence-electron chi connectivity index (χ0n) is 13.6. The molecule has 0 spiro atoms. The van der Waals surface area contributed by atoms with Crippen molar-refractivity contribution < 1.29 is 17.6 Å². The van der Waals surface area contributed by atoms with Gasteiger partial charge in [-0.1, -0.05) is 12.1 Å². The van der Waals surface area contributed by atoms with Crippen LogP contribution >= 0.6 is 0 Å². The summed E-state index contributed by atoms with van der Waals surface area (Å²) in [6, 6.07) is 6.71. The minimum Gasteiger partial charge on any atom is -0.292 e. The van der Waals surface area contributed by atoms with Crippen LogP contribution in [-0.4, -0.2) is 66.9 Å². The molecule has 0 N–H and O–H groups in total. The molecule has 0 atom stereocenters. The molecule has 0 aromatic heterocycles. The number of piperazine rings is 1. The van der Waals surface area contributed by atoms with Gasteiger partial charge in [-0.2, -0.15) is 13.2 Å². The molecule has 134 valence electrons. The number of hydrogen-bond acceptors (Lipinski definition) is 3. The highest BCUT2D eigenvalue weighted by Crippen LogP contribution is 2.29. The minimum atomic E-state index is -4.12. The smallest absolute Gasteiger partial charge is 0.292 e. The molecule has 0 amide bonds. The van der Waals surface area contributed by atoms with Gasteiger partial charge in [0.1, 0.15) is 5.82 Å². The number of halogens is 4. The maximum absolute atomic E-state index is 13.0. The molecular formula is C17H23F4N3. The second-order valence-electron chi connectivity index (χ2n) is 6.62. The second kappa shape index (κ2) is 7.37. The number of nitrogens with zero attached hydrogens (tertiary/aromatic N) is 3. The zero-order chi connectivity index (χ0) is 17.2. The van der Waals surface area contributed by atoms with Crippen LogP contribution in [0.25, 0.3) is 0 Å². The van der Waals surface area contributed by atoms with Gasteiger partial charge in [0.15, 0.2) is 0 Å². The van der Waals surface area contributed by atoms with Crippen molar-refractivity contribution in [2.75, 3.05) is 45.8 Å². The molecule has 7 heteroatoms. The number of piperidine rings is 1. The van der Waals surface area contributed by atoms with Crippen molar-refractivity contribution in [3.63, 3.8) is 0 Å². The molecule has 0 saturated carbocycles. The standard InChI is InChI=1S/C17H23F4N3/c18-16-3-1-14(2-4-16)15-5-7-23(8-6-15)24-11-9-22(10-12-24)13-17(19,20)21/h1-4,15H,5-13H2. The molecule has 2 aliphatic rings. The third-order valence-electron chi connectivity index (χ3n) is 4.96. The van der Waals surface area contributed by atoms with Gasteiger partial charge in [0, 0.05) is 39.3 Å². The van der Waals surface area contributed by atoms with Crippen LogP contribution in [0.2, 0.25) is 0 Å². The van der Waals surface area contributed by atoms with Gasteiger partial charge < -0.3 is 0 Å². The Kier molecular flexibility index (Phi) is 5.42. The Labute approximate surface area is 139 Å². The molecule has 1 aromatic carbocycles. The van der Waals surface area contributed by atoms with E-state index >= 15 is 0 Å². The van der Waals surface area contributed by atoms with Crippen molar-refractivity contribution in [3.8, 4) is 0 Å². The Bertz CT molecular complexity index is 516. The number of benzene rings is 1. The summed E-state index contributed by atoms with van der Waals surface area (Å²) in [5.74, 6) is 0.223. The second-order valence-corrected chi connectivity index (χ2v) is 6.62. The topological polar surface area (TPSA) is 9.72 Å². The first-order valence-corrected chi connectivity index (χ1v) is 8.45. The molecule has 2 aliphatic heterocycles. The highest BCUT2D eigenvalue weighted by Gasteiger charge is 2.33. The fourth-order valence-corrected chi connectivity index (χ4v) is 3.65. The van der Waals surface area contributed by atoms with Crippen molar-refractivity contribution in [2.24, 2.45) is 0 Å². The fourth-order valence-electron chi connectivity index (χ4n) is 3.65. The van der Waals surface area contributed by atoms with Crippen molar-refractivity contribution in [1.29, 1.82) is 0 Å².